The van der Waals surface area contributed by atoms with Crippen LogP contribution >= 0.6 is 0 Å². The lowest BCUT2D eigenvalue weighted by Gasteiger charge is -2.18. The van der Waals surface area contributed by atoms with Gasteiger partial charge in [0.25, 0.3) is 0 Å². The maximum absolute atomic E-state index is 11.8. The minimum absolute atomic E-state index is 0.0102. The van der Waals surface area contributed by atoms with Gasteiger partial charge in [-0.05, 0) is 25.0 Å². The Morgan fingerprint density at radius 3 is 2.63 bits per heavy atom. The summed E-state index contributed by atoms with van der Waals surface area (Å²) in [6.45, 7) is 4.60. The van der Waals surface area contributed by atoms with Crippen LogP contribution in [0.3, 0.4) is 0 Å². The maximum Gasteiger partial charge on any atom is 0.224 e. The molecule has 1 saturated heterocycles. The first-order chi connectivity index (χ1) is 8.77. The van der Waals surface area contributed by atoms with Crippen molar-refractivity contribution < 1.29 is 13.2 Å². The van der Waals surface area contributed by atoms with Crippen molar-refractivity contribution in [2.45, 2.75) is 32.1 Å². The molecular formula is C13H18N2O3S. The first-order valence-electron chi connectivity index (χ1n) is 6.13. The molecule has 1 aromatic carbocycles. The highest BCUT2D eigenvalue weighted by atomic mass is 32.2. The van der Waals surface area contributed by atoms with Gasteiger partial charge in [-0.1, -0.05) is 23.8 Å². The molecule has 0 saturated carbocycles. The monoisotopic (exact) mass is 282 g/mol. The van der Waals surface area contributed by atoms with E-state index in [4.69, 9.17) is 5.14 Å². The fourth-order valence-corrected chi connectivity index (χ4v) is 3.05. The van der Waals surface area contributed by atoms with Crippen molar-refractivity contribution in [2.75, 3.05) is 6.54 Å². The van der Waals surface area contributed by atoms with Crippen molar-refractivity contribution in [1.29, 1.82) is 0 Å². The molecule has 1 atom stereocenters. The van der Waals surface area contributed by atoms with E-state index >= 15 is 0 Å². The molecule has 0 aliphatic carbocycles. The number of hydrogen-bond donors (Lipinski definition) is 1. The molecule has 1 aliphatic heterocycles. The van der Waals surface area contributed by atoms with E-state index in [2.05, 4.69) is 0 Å². The third-order valence-corrected chi connectivity index (χ3v) is 4.75. The Kier molecular flexibility index (Phi) is 3.64. The summed E-state index contributed by atoms with van der Waals surface area (Å²) in [4.78, 5) is 13.4. The van der Waals surface area contributed by atoms with Gasteiger partial charge in [-0.15, -0.1) is 0 Å². The van der Waals surface area contributed by atoms with Crippen LogP contribution in [0.15, 0.2) is 18.2 Å². The van der Waals surface area contributed by atoms with E-state index in [1.807, 2.05) is 32.0 Å². The molecule has 5 nitrogen and oxygen atoms in total. The summed E-state index contributed by atoms with van der Waals surface area (Å²) in [5.41, 5.74) is 3.26. The number of nitrogens with zero attached hydrogens (tertiary/aromatic N) is 1. The Labute approximate surface area is 113 Å². The molecule has 1 unspecified atom stereocenters. The lowest BCUT2D eigenvalue weighted by molar-refractivity contribution is -0.128. The van der Waals surface area contributed by atoms with Crippen LogP contribution in [-0.2, 0) is 21.4 Å². The van der Waals surface area contributed by atoms with E-state index in [1.165, 1.54) is 0 Å². The molecule has 19 heavy (non-hydrogen) atoms. The highest BCUT2D eigenvalue weighted by Crippen LogP contribution is 2.21. The molecule has 1 fully saturated rings. The van der Waals surface area contributed by atoms with E-state index in [0.717, 1.165) is 16.7 Å². The van der Waals surface area contributed by atoms with Crippen LogP contribution in [0.5, 0.6) is 0 Å². The van der Waals surface area contributed by atoms with E-state index in [9.17, 15) is 13.2 Å². The Morgan fingerprint density at radius 2 is 2.05 bits per heavy atom. The summed E-state index contributed by atoms with van der Waals surface area (Å²) in [7, 11) is -3.64. The first-order valence-corrected chi connectivity index (χ1v) is 7.74. The number of sulfonamides is 1. The minimum atomic E-state index is -3.64. The van der Waals surface area contributed by atoms with Crippen molar-refractivity contribution in [3.63, 3.8) is 0 Å². The molecule has 1 aromatic rings. The van der Waals surface area contributed by atoms with Gasteiger partial charge in [0.05, 0.1) is 0 Å². The normalized spacial score (nSPS) is 20.1. The van der Waals surface area contributed by atoms with Crippen LogP contribution in [0.4, 0.5) is 0 Å². The molecule has 0 spiro atoms. The zero-order valence-electron chi connectivity index (χ0n) is 11.1. The van der Waals surface area contributed by atoms with Crippen molar-refractivity contribution >= 4 is 15.9 Å². The first kappa shape index (κ1) is 14.0. The second kappa shape index (κ2) is 4.94. The molecule has 1 aliphatic rings. The number of rotatable bonds is 3. The van der Waals surface area contributed by atoms with Crippen LogP contribution in [-0.4, -0.2) is 31.0 Å². The summed E-state index contributed by atoms with van der Waals surface area (Å²) >= 11 is 0. The Balaban J connectivity index is 2.16. The number of amides is 1. The number of benzene rings is 1. The lowest BCUT2D eigenvalue weighted by atomic mass is 10.1. The average molecular weight is 282 g/mol. The number of aryl methyl sites for hydroxylation is 2. The molecule has 0 bridgehead atoms. The molecule has 6 heteroatoms. The van der Waals surface area contributed by atoms with Gasteiger partial charge >= 0.3 is 0 Å². The number of hydrogen-bond acceptors (Lipinski definition) is 3. The maximum atomic E-state index is 11.8. The molecule has 1 amide bonds. The third kappa shape index (κ3) is 3.13. The van der Waals surface area contributed by atoms with Crippen molar-refractivity contribution in [2.24, 2.45) is 5.14 Å². The number of primary sulfonamides is 1. The number of carbonyl (C=O) groups is 1. The number of likely N-dealkylation sites (tertiary alicyclic amines) is 1. The molecule has 2 rings (SSSR count). The van der Waals surface area contributed by atoms with Gasteiger partial charge in [-0.25, -0.2) is 13.6 Å². The summed E-state index contributed by atoms with van der Waals surface area (Å²) in [5.74, 6) is -0.153. The predicted octanol–water partition coefficient (Wildman–Crippen LogP) is 0.693. The van der Waals surface area contributed by atoms with Gasteiger partial charge in [0.1, 0.15) is 5.25 Å². The fourth-order valence-electron chi connectivity index (χ4n) is 2.29. The van der Waals surface area contributed by atoms with Gasteiger partial charge in [0, 0.05) is 19.5 Å². The average Bonchev–Trinajstić information content (AvgIpc) is 2.65. The highest BCUT2D eigenvalue weighted by molar-refractivity contribution is 7.89. The van der Waals surface area contributed by atoms with Crippen LogP contribution in [0.2, 0.25) is 0 Å². The zero-order valence-corrected chi connectivity index (χ0v) is 11.9. The molecular weight excluding hydrogens is 264 g/mol. The Morgan fingerprint density at radius 1 is 1.37 bits per heavy atom. The molecule has 0 radical (unpaired) electrons. The molecule has 1 heterocycles. The number of nitrogens with two attached hydrogens (primary N) is 1. The third-order valence-electron chi connectivity index (χ3n) is 3.51. The molecule has 104 valence electrons. The summed E-state index contributed by atoms with van der Waals surface area (Å²) in [6, 6.07) is 6.03. The predicted molar refractivity (Wildman–Crippen MR) is 72.8 cm³/mol. The van der Waals surface area contributed by atoms with E-state index in [0.29, 0.717) is 6.54 Å². The highest BCUT2D eigenvalue weighted by Gasteiger charge is 2.36. The SMILES string of the molecule is Cc1ccc(C)c(CN2CC(S(N)(=O)=O)CC2=O)c1. The van der Waals surface area contributed by atoms with E-state index in [-0.39, 0.29) is 18.9 Å². The van der Waals surface area contributed by atoms with Crippen LogP contribution in [0.25, 0.3) is 0 Å². The minimum Gasteiger partial charge on any atom is -0.337 e. The second-order valence-corrected chi connectivity index (χ2v) is 6.96. The second-order valence-electron chi connectivity index (χ2n) is 5.12. The van der Waals surface area contributed by atoms with E-state index in [1.54, 1.807) is 4.90 Å². The number of carbonyl (C=O) groups excluding carboxylic acids is 1. The Bertz CT molecular complexity index is 610. The standard InChI is InChI=1S/C13H18N2O3S/c1-9-3-4-10(2)11(5-9)7-15-8-12(6-13(15)16)19(14,17)18/h3-5,12H,6-8H2,1-2H3,(H2,14,17,18). The summed E-state index contributed by atoms with van der Waals surface area (Å²) < 4.78 is 22.6. The lowest BCUT2D eigenvalue weighted by Crippen LogP contribution is -2.32. The quantitative estimate of drug-likeness (QED) is 0.886. The van der Waals surface area contributed by atoms with Crippen LogP contribution < -0.4 is 5.14 Å². The van der Waals surface area contributed by atoms with Gasteiger partial charge in [0.15, 0.2) is 0 Å². The summed E-state index contributed by atoms with van der Waals surface area (Å²) in [5, 5.41) is 4.33. The fraction of sp³-hybridized carbons (Fsp3) is 0.462. The summed E-state index contributed by atoms with van der Waals surface area (Å²) in [6.07, 6.45) is -0.0102. The smallest absolute Gasteiger partial charge is 0.224 e. The zero-order chi connectivity index (χ0) is 14.2. The van der Waals surface area contributed by atoms with Crippen LogP contribution in [0.1, 0.15) is 23.1 Å². The van der Waals surface area contributed by atoms with Gasteiger partial charge in [-0.2, -0.15) is 0 Å². The van der Waals surface area contributed by atoms with Gasteiger partial charge in [-0.3, -0.25) is 4.79 Å². The van der Waals surface area contributed by atoms with Gasteiger partial charge in [0.2, 0.25) is 15.9 Å². The van der Waals surface area contributed by atoms with Gasteiger partial charge < -0.3 is 4.90 Å². The molecule has 0 aromatic heterocycles. The topological polar surface area (TPSA) is 80.5 Å². The Hall–Kier alpha value is -1.40. The van der Waals surface area contributed by atoms with Crippen molar-refractivity contribution in [1.82, 2.24) is 4.90 Å². The molecule has 2 N–H and O–H groups in total. The largest absolute Gasteiger partial charge is 0.337 e. The van der Waals surface area contributed by atoms with Crippen molar-refractivity contribution in [3.8, 4) is 0 Å². The van der Waals surface area contributed by atoms with Crippen molar-refractivity contribution in [3.05, 3.63) is 34.9 Å². The van der Waals surface area contributed by atoms with E-state index < -0.39 is 15.3 Å². The van der Waals surface area contributed by atoms with Crippen LogP contribution in [0, 0.1) is 13.8 Å².